The SMILES string of the molecule is CCOC(=O)CC#Cc1ccc(N=C=S)cc1. The lowest BCUT2D eigenvalue weighted by molar-refractivity contribution is -0.141. The summed E-state index contributed by atoms with van der Waals surface area (Å²) in [5, 5.41) is 2.29. The summed E-state index contributed by atoms with van der Waals surface area (Å²) in [5.74, 6) is 5.31. The van der Waals surface area contributed by atoms with Gasteiger partial charge in [0.2, 0.25) is 0 Å². The molecule has 0 spiro atoms. The first-order valence-electron chi connectivity index (χ1n) is 5.08. The molecule has 0 radical (unpaired) electrons. The molecule has 0 fully saturated rings. The Morgan fingerprint density at radius 2 is 2.12 bits per heavy atom. The smallest absolute Gasteiger partial charge is 0.317 e. The summed E-state index contributed by atoms with van der Waals surface area (Å²) in [6, 6.07) is 7.19. The Hall–Kier alpha value is -1.95. The molecule has 1 aromatic carbocycles. The Kier molecular flexibility index (Phi) is 5.67. The number of hydrogen-bond donors (Lipinski definition) is 0. The van der Waals surface area contributed by atoms with Crippen molar-refractivity contribution in [3.8, 4) is 11.8 Å². The van der Waals surface area contributed by atoms with Crippen molar-refractivity contribution in [2.45, 2.75) is 13.3 Å². The quantitative estimate of drug-likeness (QED) is 0.356. The van der Waals surface area contributed by atoms with Gasteiger partial charge in [0, 0.05) is 5.56 Å². The third kappa shape index (κ3) is 5.07. The van der Waals surface area contributed by atoms with E-state index in [1.807, 2.05) is 12.1 Å². The molecule has 4 heteroatoms. The lowest BCUT2D eigenvalue weighted by atomic mass is 10.2. The molecule has 0 heterocycles. The number of aliphatic imine (C=N–C) groups is 1. The lowest BCUT2D eigenvalue weighted by Crippen LogP contribution is -2.01. The molecule has 0 unspecified atom stereocenters. The molecule has 0 aliphatic rings. The van der Waals surface area contributed by atoms with Crippen molar-refractivity contribution in [3.63, 3.8) is 0 Å². The number of carbonyl (C=O) groups is 1. The van der Waals surface area contributed by atoms with Gasteiger partial charge in [-0.05, 0) is 43.4 Å². The van der Waals surface area contributed by atoms with Gasteiger partial charge < -0.3 is 4.74 Å². The molecule has 86 valence electrons. The molecule has 0 aromatic heterocycles. The Bertz CT molecular complexity index is 490. The number of carbonyl (C=O) groups excluding carboxylic acids is 1. The molecule has 0 aliphatic heterocycles. The molecular formula is C13H11NO2S. The number of rotatable bonds is 3. The van der Waals surface area contributed by atoms with Gasteiger partial charge in [-0.3, -0.25) is 4.79 Å². The highest BCUT2D eigenvalue weighted by atomic mass is 32.1. The molecule has 1 rings (SSSR count). The van der Waals surface area contributed by atoms with Crippen LogP contribution in [-0.2, 0) is 9.53 Å². The van der Waals surface area contributed by atoms with E-state index < -0.39 is 0 Å². The van der Waals surface area contributed by atoms with Crippen LogP contribution in [0.1, 0.15) is 18.9 Å². The van der Waals surface area contributed by atoms with E-state index in [9.17, 15) is 4.79 Å². The van der Waals surface area contributed by atoms with E-state index in [1.165, 1.54) is 0 Å². The van der Waals surface area contributed by atoms with Crippen LogP contribution < -0.4 is 0 Å². The molecule has 0 saturated carbocycles. The van der Waals surface area contributed by atoms with Crippen LogP contribution >= 0.6 is 12.2 Å². The van der Waals surface area contributed by atoms with E-state index in [1.54, 1.807) is 19.1 Å². The Labute approximate surface area is 106 Å². The van der Waals surface area contributed by atoms with Crippen LogP contribution in [0.3, 0.4) is 0 Å². The fourth-order valence-corrected chi connectivity index (χ4v) is 1.21. The van der Waals surface area contributed by atoms with E-state index in [2.05, 4.69) is 34.2 Å². The summed E-state index contributed by atoms with van der Waals surface area (Å²) in [6.45, 7) is 2.14. The van der Waals surface area contributed by atoms with Crippen LogP contribution in [0.5, 0.6) is 0 Å². The van der Waals surface area contributed by atoms with Crippen LogP contribution in [0, 0.1) is 11.8 Å². The van der Waals surface area contributed by atoms with E-state index in [4.69, 9.17) is 4.74 Å². The average Bonchev–Trinajstić information content (AvgIpc) is 2.32. The van der Waals surface area contributed by atoms with Gasteiger partial charge in [0.1, 0.15) is 6.42 Å². The zero-order valence-electron chi connectivity index (χ0n) is 9.40. The fraction of sp³-hybridized carbons (Fsp3) is 0.231. The number of esters is 1. The average molecular weight is 245 g/mol. The molecule has 0 aliphatic carbocycles. The predicted octanol–water partition coefficient (Wildman–Crippen LogP) is 2.73. The van der Waals surface area contributed by atoms with Crippen LogP contribution in [0.4, 0.5) is 5.69 Å². The molecule has 17 heavy (non-hydrogen) atoms. The fourth-order valence-electron chi connectivity index (χ4n) is 1.10. The third-order valence-electron chi connectivity index (χ3n) is 1.81. The first kappa shape index (κ1) is 13.1. The van der Waals surface area contributed by atoms with Crippen molar-refractivity contribution in [3.05, 3.63) is 29.8 Å². The minimum Gasteiger partial charge on any atom is -0.465 e. The van der Waals surface area contributed by atoms with Crippen LogP contribution in [-0.4, -0.2) is 17.7 Å². The monoisotopic (exact) mass is 245 g/mol. The Morgan fingerprint density at radius 3 is 2.71 bits per heavy atom. The van der Waals surface area contributed by atoms with Crippen molar-refractivity contribution >= 4 is 29.0 Å². The van der Waals surface area contributed by atoms with Crippen molar-refractivity contribution in [2.75, 3.05) is 6.61 Å². The molecule has 0 bridgehead atoms. The predicted molar refractivity (Wildman–Crippen MR) is 69.3 cm³/mol. The van der Waals surface area contributed by atoms with E-state index in [0.29, 0.717) is 6.61 Å². The highest BCUT2D eigenvalue weighted by molar-refractivity contribution is 7.78. The maximum Gasteiger partial charge on any atom is 0.317 e. The van der Waals surface area contributed by atoms with Gasteiger partial charge in [0.15, 0.2) is 0 Å². The maximum atomic E-state index is 11.0. The van der Waals surface area contributed by atoms with Gasteiger partial charge >= 0.3 is 5.97 Å². The first-order valence-corrected chi connectivity index (χ1v) is 5.49. The summed E-state index contributed by atoms with van der Waals surface area (Å²) in [5.41, 5.74) is 1.55. The van der Waals surface area contributed by atoms with Crippen molar-refractivity contribution in [1.29, 1.82) is 0 Å². The van der Waals surface area contributed by atoms with Gasteiger partial charge in [0.25, 0.3) is 0 Å². The summed E-state index contributed by atoms with van der Waals surface area (Å²) < 4.78 is 4.75. The summed E-state index contributed by atoms with van der Waals surface area (Å²) in [7, 11) is 0. The van der Waals surface area contributed by atoms with Crippen molar-refractivity contribution in [1.82, 2.24) is 0 Å². The number of hydrogen-bond acceptors (Lipinski definition) is 4. The number of ether oxygens (including phenoxy) is 1. The second-order valence-electron chi connectivity index (χ2n) is 3.03. The second-order valence-corrected chi connectivity index (χ2v) is 3.22. The lowest BCUT2D eigenvalue weighted by Gasteiger charge is -1.95. The van der Waals surface area contributed by atoms with E-state index >= 15 is 0 Å². The molecule has 0 N–H and O–H groups in total. The Morgan fingerprint density at radius 1 is 1.41 bits per heavy atom. The van der Waals surface area contributed by atoms with Gasteiger partial charge in [-0.1, -0.05) is 11.8 Å². The van der Waals surface area contributed by atoms with Gasteiger partial charge in [-0.2, -0.15) is 4.99 Å². The van der Waals surface area contributed by atoms with Crippen molar-refractivity contribution < 1.29 is 9.53 Å². The summed E-state index contributed by atoms with van der Waals surface area (Å²) in [6.07, 6.45) is 0.105. The highest BCUT2D eigenvalue weighted by Gasteiger charge is 1.96. The van der Waals surface area contributed by atoms with Crippen LogP contribution in [0.15, 0.2) is 29.3 Å². The van der Waals surface area contributed by atoms with E-state index in [-0.39, 0.29) is 12.4 Å². The highest BCUT2D eigenvalue weighted by Crippen LogP contribution is 2.11. The Balaban J connectivity index is 2.60. The normalized spacial score (nSPS) is 8.53. The third-order valence-corrected chi connectivity index (χ3v) is 1.90. The standard InChI is InChI=1S/C13H11NO2S/c1-2-16-13(15)5-3-4-11-6-8-12(9-7-11)14-10-17/h6-9H,2,5H2,1H3. The van der Waals surface area contributed by atoms with E-state index in [0.717, 1.165) is 11.3 Å². The topological polar surface area (TPSA) is 38.7 Å². The van der Waals surface area contributed by atoms with Crippen molar-refractivity contribution in [2.24, 2.45) is 4.99 Å². The number of thiocarbonyl (C=S) groups is 1. The number of isothiocyanates is 1. The molecule has 0 atom stereocenters. The van der Waals surface area contributed by atoms with Gasteiger partial charge in [-0.15, -0.1) is 0 Å². The maximum absolute atomic E-state index is 11.0. The molecule has 0 amide bonds. The molecule has 0 saturated heterocycles. The molecule has 1 aromatic rings. The minimum atomic E-state index is -0.304. The zero-order valence-corrected chi connectivity index (χ0v) is 10.2. The van der Waals surface area contributed by atoms with Gasteiger partial charge in [0.05, 0.1) is 17.5 Å². The van der Waals surface area contributed by atoms with Gasteiger partial charge in [-0.25, -0.2) is 0 Å². The second kappa shape index (κ2) is 7.34. The van der Waals surface area contributed by atoms with Crippen LogP contribution in [0.2, 0.25) is 0 Å². The summed E-state index contributed by atoms with van der Waals surface area (Å²) in [4.78, 5) is 14.8. The molecular weight excluding hydrogens is 234 g/mol. The largest absolute Gasteiger partial charge is 0.465 e. The van der Waals surface area contributed by atoms with Crippen LogP contribution in [0.25, 0.3) is 0 Å². The molecule has 3 nitrogen and oxygen atoms in total. The zero-order chi connectivity index (χ0) is 12.5. The summed E-state index contributed by atoms with van der Waals surface area (Å²) >= 11 is 4.49. The minimum absolute atomic E-state index is 0.105. The first-order chi connectivity index (χ1) is 8.26. The number of nitrogens with zero attached hydrogens (tertiary/aromatic N) is 1. The number of benzene rings is 1.